The molecule has 0 saturated heterocycles. The largest absolute Gasteiger partial charge is 0.337 e. The lowest BCUT2D eigenvalue weighted by Gasteiger charge is -2.18. The van der Waals surface area contributed by atoms with E-state index < -0.39 is 0 Å². The fourth-order valence-corrected chi connectivity index (χ4v) is 3.13. The Kier molecular flexibility index (Phi) is 6.12. The van der Waals surface area contributed by atoms with Gasteiger partial charge in [0.1, 0.15) is 0 Å². The van der Waals surface area contributed by atoms with Crippen molar-refractivity contribution in [2.75, 3.05) is 12.4 Å². The number of rotatable bonds is 5. The molecular weight excluding hydrogens is 372 g/mol. The average Bonchev–Trinajstić information content (AvgIpc) is 2.70. The van der Waals surface area contributed by atoms with Crippen LogP contribution >= 0.6 is 11.6 Å². The first kappa shape index (κ1) is 19.6. The summed E-state index contributed by atoms with van der Waals surface area (Å²) >= 11 is 5.96. The van der Waals surface area contributed by atoms with Crippen LogP contribution in [0.3, 0.4) is 0 Å². The molecule has 0 fully saturated rings. The van der Waals surface area contributed by atoms with Crippen molar-refractivity contribution in [1.29, 1.82) is 0 Å². The van der Waals surface area contributed by atoms with Gasteiger partial charge in [-0.05, 0) is 54.4 Å². The van der Waals surface area contributed by atoms with E-state index >= 15 is 0 Å². The molecule has 0 bridgehead atoms. The van der Waals surface area contributed by atoms with E-state index in [0.717, 1.165) is 11.1 Å². The highest BCUT2D eigenvalue weighted by atomic mass is 35.5. The Balaban J connectivity index is 1.73. The molecular formula is C23H21ClN2O2. The van der Waals surface area contributed by atoms with Gasteiger partial charge in [0.2, 0.25) is 0 Å². The highest BCUT2D eigenvalue weighted by Gasteiger charge is 2.15. The van der Waals surface area contributed by atoms with Crippen LogP contribution in [-0.2, 0) is 6.54 Å². The number of carbonyl (C=O) groups is 2. The molecule has 28 heavy (non-hydrogen) atoms. The number of carbonyl (C=O) groups excluding carboxylic acids is 2. The molecule has 0 unspecified atom stereocenters. The molecule has 0 heterocycles. The average molecular weight is 393 g/mol. The third kappa shape index (κ3) is 4.78. The van der Waals surface area contributed by atoms with Gasteiger partial charge in [-0.1, -0.05) is 48.0 Å². The SMILES string of the molecule is Cc1cc(Cl)ccc1NC(=O)c1cccc(C(=O)N(C)Cc2ccccc2)c1. The van der Waals surface area contributed by atoms with Gasteiger partial charge in [0.05, 0.1) is 0 Å². The minimum Gasteiger partial charge on any atom is -0.337 e. The predicted molar refractivity (Wildman–Crippen MR) is 113 cm³/mol. The van der Waals surface area contributed by atoms with Crippen LogP contribution in [0.25, 0.3) is 0 Å². The topological polar surface area (TPSA) is 49.4 Å². The molecule has 0 atom stereocenters. The summed E-state index contributed by atoms with van der Waals surface area (Å²) in [6.45, 7) is 2.38. The van der Waals surface area contributed by atoms with Crippen LogP contribution in [-0.4, -0.2) is 23.8 Å². The molecule has 0 aliphatic heterocycles. The van der Waals surface area contributed by atoms with Gasteiger partial charge in [0, 0.05) is 35.4 Å². The maximum absolute atomic E-state index is 12.8. The number of anilines is 1. The molecule has 3 aromatic carbocycles. The first-order chi connectivity index (χ1) is 13.4. The summed E-state index contributed by atoms with van der Waals surface area (Å²) in [5.41, 5.74) is 3.50. The van der Waals surface area contributed by atoms with E-state index in [4.69, 9.17) is 11.6 Å². The molecule has 2 amide bonds. The molecule has 0 aromatic heterocycles. The number of nitrogens with one attached hydrogen (secondary N) is 1. The minimum atomic E-state index is -0.272. The Bertz CT molecular complexity index is 1000. The second-order valence-electron chi connectivity index (χ2n) is 6.64. The summed E-state index contributed by atoms with van der Waals surface area (Å²) in [5.74, 6) is -0.410. The number of benzene rings is 3. The summed E-state index contributed by atoms with van der Waals surface area (Å²) in [6.07, 6.45) is 0. The lowest BCUT2D eigenvalue weighted by molar-refractivity contribution is 0.0785. The summed E-state index contributed by atoms with van der Waals surface area (Å²) in [6, 6.07) is 21.8. The zero-order chi connectivity index (χ0) is 20.1. The second kappa shape index (κ2) is 8.72. The first-order valence-electron chi connectivity index (χ1n) is 8.91. The smallest absolute Gasteiger partial charge is 0.255 e. The molecule has 3 aromatic rings. The Hall–Kier alpha value is -3.11. The summed E-state index contributed by atoms with van der Waals surface area (Å²) in [5, 5.41) is 3.48. The van der Waals surface area contributed by atoms with Gasteiger partial charge in [0.25, 0.3) is 11.8 Å². The quantitative estimate of drug-likeness (QED) is 0.650. The van der Waals surface area contributed by atoms with E-state index in [1.54, 1.807) is 54.4 Å². The van der Waals surface area contributed by atoms with Crippen molar-refractivity contribution in [2.24, 2.45) is 0 Å². The number of hydrogen-bond acceptors (Lipinski definition) is 2. The fourth-order valence-electron chi connectivity index (χ4n) is 2.90. The summed E-state index contributed by atoms with van der Waals surface area (Å²) in [7, 11) is 1.75. The normalized spacial score (nSPS) is 10.4. The van der Waals surface area contributed by atoms with E-state index in [1.807, 2.05) is 37.3 Å². The van der Waals surface area contributed by atoms with Gasteiger partial charge >= 0.3 is 0 Å². The molecule has 142 valence electrons. The molecule has 0 aliphatic carbocycles. The zero-order valence-electron chi connectivity index (χ0n) is 15.8. The third-order valence-corrected chi connectivity index (χ3v) is 4.65. The molecule has 0 radical (unpaired) electrons. The highest BCUT2D eigenvalue weighted by molar-refractivity contribution is 6.30. The Labute approximate surface area is 169 Å². The lowest BCUT2D eigenvalue weighted by atomic mass is 10.1. The highest BCUT2D eigenvalue weighted by Crippen LogP contribution is 2.20. The van der Waals surface area contributed by atoms with Crippen LogP contribution in [0.4, 0.5) is 5.69 Å². The maximum atomic E-state index is 12.8. The maximum Gasteiger partial charge on any atom is 0.255 e. The van der Waals surface area contributed by atoms with E-state index in [-0.39, 0.29) is 11.8 Å². The minimum absolute atomic E-state index is 0.138. The monoisotopic (exact) mass is 392 g/mol. The number of hydrogen-bond donors (Lipinski definition) is 1. The van der Waals surface area contributed by atoms with Crippen LogP contribution in [0.15, 0.2) is 72.8 Å². The molecule has 5 heteroatoms. The first-order valence-corrected chi connectivity index (χ1v) is 9.29. The Morgan fingerprint density at radius 2 is 1.64 bits per heavy atom. The molecule has 4 nitrogen and oxygen atoms in total. The second-order valence-corrected chi connectivity index (χ2v) is 7.08. The molecule has 0 aliphatic rings. The van der Waals surface area contributed by atoms with E-state index in [2.05, 4.69) is 5.32 Å². The van der Waals surface area contributed by atoms with Crippen molar-refractivity contribution in [3.05, 3.63) is 100 Å². The van der Waals surface area contributed by atoms with Gasteiger partial charge < -0.3 is 10.2 Å². The summed E-state index contributed by atoms with van der Waals surface area (Å²) < 4.78 is 0. The van der Waals surface area contributed by atoms with Crippen molar-refractivity contribution >= 4 is 29.1 Å². The van der Waals surface area contributed by atoms with Crippen LogP contribution in [0, 0.1) is 6.92 Å². The van der Waals surface area contributed by atoms with Gasteiger partial charge in [-0.25, -0.2) is 0 Å². The standard InChI is InChI=1S/C23H21ClN2O2/c1-16-13-20(24)11-12-21(16)25-22(27)18-9-6-10-19(14-18)23(28)26(2)15-17-7-4-3-5-8-17/h3-14H,15H2,1-2H3,(H,25,27). The molecule has 1 N–H and O–H groups in total. The third-order valence-electron chi connectivity index (χ3n) is 4.42. The van der Waals surface area contributed by atoms with Crippen molar-refractivity contribution in [2.45, 2.75) is 13.5 Å². The van der Waals surface area contributed by atoms with Gasteiger partial charge in [-0.3, -0.25) is 9.59 Å². The van der Waals surface area contributed by atoms with Crippen molar-refractivity contribution in [3.63, 3.8) is 0 Å². The summed E-state index contributed by atoms with van der Waals surface area (Å²) in [4.78, 5) is 27.0. The molecule has 0 saturated carbocycles. The van der Waals surface area contributed by atoms with Gasteiger partial charge in [-0.2, -0.15) is 0 Å². The van der Waals surface area contributed by atoms with Crippen LogP contribution in [0.1, 0.15) is 31.8 Å². The van der Waals surface area contributed by atoms with Gasteiger partial charge in [-0.15, -0.1) is 0 Å². The number of nitrogens with zero attached hydrogens (tertiary/aromatic N) is 1. The Morgan fingerprint density at radius 1 is 0.929 bits per heavy atom. The lowest BCUT2D eigenvalue weighted by Crippen LogP contribution is -2.26. The number of halogens is 1. The molecule has 3 rings (SSSR count). The van der Waals surface area contributed by atoms with Gasteiger partial charge in [0.15, 0.2) is 0 Å². The Morgan fingerprint density at radius 3 is 2.36 bits per heavy atom. The number of aryl methyl sites for hydroxylation is 1. The van der Waals surface area contributed by atoms with Crippen molar-refractivity contribution < 1.29 is 9.59 Å². The van der Waals surface area contributed by atoms with Crippen molar-refractivity contribution in [1.82, 2.24) is 4.90 Å². The predicted octanol–water partition coefficient (Wildman–Crippen LogP) is 5.17. The fraction of sp³-hybridized carbons (Fsp3) is 0.130. The van der Waals surface area contributed by atoms with Crippen molar-refractivity contribution in [3.8, 4) is 0 Å². The zero-order valence-corrected chi connectivity index (χ0v) is 16.5. The number of amides is 2. The van der Waals surface area contributed by atoms with Crippen LogP contribution < -0.4 is 5.32 Å². The van der Waals surface area contributed by atoms with E-state index in [0.29, 0.717) is 28.4 Å². The van der Waals surface area contributed by atoms with E-state index in [9.17, 15) is 9.59 Å². The van der Waals surface area contributed by atoms with Crippen LogP contribution in [0.5, 0.6) is 0 Å². The molecule has 0 spiro atoms. The van der Waals surface area contributed by atoms with Crippen LogP contribution in [0.2, 0.25) is 5.02 Å². The van der Waals surface area contributed by atoms with E-state index in [1.165, 1.54) is 0 Å².